The maximum absolute atomic E-state index is 11.2. The van der Waals surface area contributed by atoms with Gasteiger partial charge in [-0.2, -0.15) is 11.8 Å². The molecule has 0 saturated carbocycles. The quantitative estimate of drug-likeness (QED) is 0.663. The predicted molar refractivity (Wildman–Crippen MR) is 61.4 cm³/mol. The summed E-state index contributed by atoms with van der Waals surface area (Å²) >= 11 is 1.76. The van der Waals surface area contributed by atoms with Gasteiger partial charge in [-0.3, -0.25) is 4.79 Å². The molecule has 2 N–H and O–H groups in total. The summed E-state index contributed by atoms with van der Waals surface area (Å²) in [6, 6.07) is -0.472. The number of rotatable bonds is 7. The van der Waals surface area contributed by atoms with Crippen LogP contribution in [0.25, 0.3) is 0 Å². The Balaban J connectivity index is 3.71. The summed E-state index contributed by atoms with van der Waals surface area (Å²) in [6.45, 7) is 6.49. The van der Waals surface area contributed by atoms with Gasteiger partial charge in [0.05, 0.1) is 6.61 Å². The van der Waals surface area contributed by atoms with Crippen LogP contribution in [0, 0.1) is 0 Å². The predicted octanol–water partition coefficient (Wildman–Crippen LogP) is 1.80. The van der Waals surface area contributed by atoms with Crippen molar-refractivity contribution in [2.75, 3.05) is 12.4 Å². The van der Waals surface area contributed by atoms with E-state index in [1.54, 1.807) is 18.7 Å². The fourth-order valence-corrected chi connectivity index (χ4v) is 2.17. The Kier molecular flexibility index (Phi) is 7.99. The van der Waals surface area contributed by atoms with Gasteiger partial charge in [0.1, 0.15) is 6.04 Å². The van der Waals surface area contributed by atoms with Crippen molar-refractivity contribution in [3.05, 3.63) is 0 Å². The fourth-order valence-electron chi connectivity index (χ4n) is 1.08. The summed E-state index contributed by atoms with van der Waals surface area (Å²) < 4.78 is 4.83. The zero-order valence-electron chi connectivity index (χ0n) is 9.29. The van der Waals surface area contributed by atoms with E-state index in [4.69, 9.17) is 10.5 Å². The van der Waals surface area contributed by atoms with Crippen molar-refractivity contribution in [2.24, 2.45) is 5.73 Å². The van der Waals surface area contributed by atoms with Gasteiger partial charge in [-0.25, -0.2) is 0 Å². The molecule has 84 valence electrons. The Morgan fingerprint density at radius 3 is 2.36 bits per heavy atom. The second kappa shape index (κ2) is 8.12. The number of carbonyl (C=O) groups excluding carboxylic acids is 1. The Hall–Kier alpha value is -0.220. The van der Waals surface area contributed by atoms with Gasteiger partial charge in [0, 0.05) is 11.0 Å². The molecule has 0 fully saturated rings. The van der Waals surface area contributed by atoms with Crippen molar-refractivity contribution in [3.63, 3.8) is 0 Å². The third-order valence-corrected chi connectivity index (χ3v) is 3.70. The third kappa shape index (κ3) is 5.50. The minimum Gasteiger partial charge on any atom is -0.465 e. The minimum atomic E-state index is -0.472. The normalized spacial score (nSPS) is 12.9. The van der Waals surface area contributed by atoms with Crippen molar-refractivity contribution in [1.29, 1.82) is 0 Å². The second-order valence-electron chi connectivity index (χ2n) is 3.13. The van der Waals surface area contributed by atoms with Crippen LogP contribution >= 0.6 is 11.8 Å². The van der Waals surface area contributed by atoms with Gasteiger partial charge in [0.2, 0.25) is 0 Å². The molecule has 0 aliphatic heterocycles. The summed E-state index contributed by atoms with van der Waals surface area (Å²) in [5, 5.41) is 0.607. The van der Waals surface area contributed by atoms with E-state index >= 15 is 0 Å². The average Bonchev–Trinajstić information content (AvgIpc) is 2.19. The average molecular weight is 219 g/mol. The van der Waals surface area contributed by atoms with Gasteiger partial charge in [-0.1, -0.05) is 13.8 Å². The summed E-state index contributed by atoms with van der Waals surface area (Å²) in [5.41, 5.74) is 5.67. The van der Waals surface area contributed by atoms with Crippen molar-refractivity contribution in [1.82, 2.24) is 0 Å². The summed E-state index contributed by atoms with van der Waals surface area (Å²) in [7, 11) is 0. The number of thioether (sulfide) groups is 1. The molecule has 0 aromatic rings. The van der Waals surface area contributed by atoms with Crippen LogP contribution in [0.3, 0.4) is 0 Å². The van der Waals surface area contributed by atoms with Gasteiger partial charge in [-0.15, -0.1) is 0 Å². The van der Waals surface area contributed by atoms with Crippen LogP contribution in [-0.4, -0.2) is 29.6 Å². The molecule has 0 rings (SSSR count). The maximum Gasteiger partial charge on any atom is 0.323 e. The number of hydrogen-bond acceptors (Lipinski definition) is 4. The molecule has 0 saturated heterocycles. The van der Waals surface area contributed by atoms with Crippen LogP contribution in [0.4, 0.5) is 0 Å². The number of hydrogen-bond donors (Lipinski definition) is 1. The smallest absolute Gasteiger partial charge is 0.323 e. The van der Waals surface area contributed by atoms with E-state index in [2.05, 4.69) is 13.8 Å². The van der Waals surface area contributed by atoms with Crippen LogP contribution in [0.5, 0.6) is 0 Å². The van der Waals surface area contributed by atoms with E-state index in [0.29, 0.717) is 17.6 Å². The monoisotopic (exact) mass is 219 g/mol. The zero-order chi connectivity index (χ0) is 11.0. The minimum absolute atomic E-state index is 0.286. The van der Waals surface area contributed by atoms with Crippen molar-refractivity contribution in [3.8, 4) is 0 Å². The standard InChI is InChI=1S/C10H21NO2S/c1-4-8(5-2)14-7-9(11)10(12)13-6-3/h8-9H,4-7,11H2,1-3H3. The van der Waals surface area contributed by atoms with Gasteiger partial charge < -0.3 is 10.5 Å². The number of esters is 1. The maximum atomic E-state index is 11.2. The Labute approximate surface area is 90.8 Å². The molecule has 0 aromatic heterocycles. The van der Waals surface area contributed by atoms with Crippen LogP contribution in [0.1, 0.15) is 33.6 Å². The number of carbonyl (C=O) groups is 1. The fraction of sp³-hybridized carbons (Fsp3) is 0.900. The molecule has 4 heteroatoms. The first-order valence-electron chi connectivity index (χ1n) is 5.19. The van der Waals surface area contributed by atoms with Gasteiger partial charge >= 0.3 is 5.97 Å². The Morgan fingerprint density at radius 1 is 1.36 bits per heavy atom. The molecule has 0 radical (unpaired) electrons. The van der Waals surface area contributed by atoms with Crippen LogP contribution in [0.2, 0.25) is 0 Å². The van der Waals surface area contributed by atoms with Crippen LogP contribution < -0.4 is 5.73 Å². The molecular weight excluding hydrogens is 198 g/mol. The van der Waals surface area contributed by atoms with E-state index in [1.807, 2.05) is 0 Å². The Bertz CT molecular complexity index is 160. The lowest BCUT2D eigenvalue weighted by Crippen LogP contribution is -2.35. The molecule has 0 aromatic carbocycles. The Morgan fingerprint density at radius 2 is 1.93 bits per heavy atom. The highest BCUT2D eigenvalue weighted by Crippen LogP contribution is 2.18. The topological polar surface area (TPSA) is 52.3 Å². The summed E-state index contributed by atoms with van der Waals surface area (Å²) in [5.74, 6) is 0.372. The van der Waals surface area contributed by atoms with E-state index in [1.165, 1.54) is 0 Å². The lowest BCUT2D eigenvalue weighted by atomic mass is 10.3. The van der Waals surface area contributed by atoms with Crippen LogP contribution in [0.15, 0.2) is 0 Å². The molecule has 0 amide bonds. The highest BCUT2D eigenvalue weighted by molar-refractivity contribution is 7.99. The highest BCUT2D eigenvalue weighted by atomic mass is 32.2. The van der Waals surface area contributed by atoms with Crippen molar-refractivity contribution in [2.45, 2.75) is 44.9 Å². The SMILES string of the molecule is CCOC(=O)C(N)CSC(CC)CC. The van der Waals surface area contributed by atoms with E-state index in [-0.39, 0.29) is 5.97 Å². The molecule has 0 bridgehead atoms. The van der Waals surface area contributed by atoms with E-state index in [9.17, 15) is 4.79 Å². The first kappa shape index (κ1) is 13.8. The molecule has 0 aliphatic rings. The molecule has 14 heavy (non-hydrogen) atoms. The summed E-state index contributed by atoms with van der Waals surface area (Å²) in [4.78, 5) is 11.2. The lowest BCUT2D eigenvalue weighted by molar-refractivity contribution is -0.144. The third-order valence-electron chi connectivity index (χ3n) is 2.01. The van der Waals surface area contributed by atoms with Gasteiger partial charge in [-0.05, 0) is 19.8 Å². The zero-order valence-corrected chi connectivity index (χ0v) is 10.1. The molecule has 1 atom stereocenters. The van der Waals surface area contributed by atoms with Gasteiger partial charge in [0.15, 0.2) is 0 Å². The number of ether oxygens (including phenoxy) is 1. The lowest BCUT2D eigenvalue weighted by Gasteiger charge is -2.15. The molecule has 1 unspecified atom stereocenters. The van der Waals surface area contributed by atoms with Crippen molar-refractivity contribution >= 4 is 17.7 Å². The number of nitrogens with two attached hydrogens (primary N) is 1. The van der Waals surface area contributed by atoms with E-state index < -0.39 is 6.04 Å². The first-order valence-corrected chi connectivity index (χ1v) is 6.24. The second-order valence-corrected chi connectivity index (χ2v) is 4.46. The molecule has 0 aliphatic carbocycles. The van der Waals surface area contributed by atoms with Crippen LogP contribution in [-0.2, 0) is 9.53 Å². The molecule has 0 heterocycles. The highest BCUT2D eigenvalue weighted by Gasteiger charge is 2.16. The summed E-state index contributed by atoms with van der Waals surface area (Å²) in [6.07, 6.45) is 2.24. The largest absolute Gasteiger partial charge is 0.465 e. The molecule has 3 nitrogen and oxygen atoms in total. The van der Waals surface area contributed by atoms with E-state index in [0.717, 1.165) is 12.8 Å². The molecule has 0 spiro atoms. The van der Waals surface area contributed by atoms with Crippen molar-refractivity contribution < 1.29 is 9.53 Å². The first-order chi connectivity index (χ1) is 6.65. The van der Waals surface area contributed by atoms with Gasteiger partial charge in [0.25, 0.3) is 0 Å². The molecular formula is C10H21NO2S.